The molecule has 1 unspecified atom stereocenters. The highest BCUT2D eigenvalue weighted by Gasteiger charge is 2.25. The number of carbonyl (C=O) groups excluding carboxylic acids is 2. The molecule has 1 fully saturated rings. The Morgan fingerprint density at radius 3 is 2.49 bits per heavy atom. The van der Waals surface area contributed by atoms with E-state index in [1.54, 1.807) is 11.3 Å². The van der Waals surface area contributed by atoms with Crippen molar-refractivity contribution in [1.82, 2.24) is 25.1 Å². The first-order chi connectivity index (χ1) is 19.8. The number of carbonyl (C=O) groups is 2. The lowest BCUT2D eigenvalue weighted by Crippen LogP contribution is -2.50. The molecule has 1 aliphatic heterocycles. The van der Waals surface area contributed by atoms with Gasteiger partial charge in [0.05, 0.1) is 24.2 Å². The number of imidazole rings is 1. The smallest absolute Gasteiger partial charge is 0.252 e. The Bertz CT molecular complexity index is 1260. The molecule has 2 atom stereocenters. The van der Waals surface area contributed by atoms with Crippen LogP contribution in [0.25, 0.3) is 11.0 Å². The van der Waals surface area contributed by atoms with Crippen LogP contribution >= 0.6 is 11.3 Å². The molecule has 1 saturated heterocycles. The largest absolute Gasteiger partial charge is 0.379 e. The maximum Gasteiger partial charge on any atom is 0.252 e. The van der Waals surface area contributed by atoms with Gasteiger partial charge in [0.15, 0.2) is 0 Å². The second-order valence-electron chi connectivity index (χ2n) is 11.6. The summed E-state index contributed by atoms with van der Waals surface area (Å²) in [5, 5.41) is 8.27. The van der Waals surface area contributed by atoms with Gasteiger partial charge in [-0.3, -0.25) is 14.5 Å². The van der Waals surface area contributed by atoms with Crippen molar-refractivity contribution in [2.75, 3.05) is 32.8 Å². The number of fused-ring (bicyclic) bond motifs is 1. The number of nitrogens with zero attached hydrogens (tertiary/aromatic N) is 3. The highest BCUT2D eigenvalue weighted by atomic mass is 32.1. The molecular formula is C32H47N5O3S. The van der Waals surface area contributed by atoms with Gasteiger partial charge in [0.2, 0.25) is 5.91 Å². The highest BCUT2D eigenvalue weighted by Crippen LogP contribution is 2.28. The van der Waals surface area contributed by atoms with Gasteiger partial charge < -0.3 is 19.9 Å². The molecule has 0 spiro atoms. The SMILES string of the molecule is CCC(CC)n1c(Cc2cccs2)nc2cc(C(=O)N[C@@H](CC(C)C)C(=O)NC(C)CCN3CCOCC3)ccc21. The minimum Gasteiger partial charge on any atom is -0.379 e. The molecule has 3 heterocycles. The first-order valence-corrected chi connectivity index (χ1v) is 16.1. The number of ether oxygens (including phenoxy) is 1. The number of thiophene rings is 1. The number of rotatable bonds is 14. The van der Waals surface area contributed by atoms with E-state index in [2.05, 4.69) is 65.3 Å². The number of amides is 2. The molecule has 4 rings (SSSR count). The van der Waals surface area contributed by atoms with Crippen LogP contribution in [0.15, 0.2) is 35.7 Å². The Balaban J connectivity index is 1.47. The van der Waals surface area contributed by atoms with Gasteiger partial charge >= 0.3 is 0 Å². The summed E-state index contributed by atoms with van der Waals surface area (Å²) in [6.45, 7) is 14.9. The number of morpholine rings is 1. The highest BCUT2D eigenvalue weighted by molar-refractivity contribution is 7.09. The number of benzene rings is 1. The van der Waals surface area contributed by atoms with Gasteiger partial charge in [-0.15, -0.1) is 11.3 Å². The average Bonchev–Trinajstić information content (AvgIpc) is 3.60. The fraction of sp³-hybridized carbons (Fsp3) is 0.594. The third-order valence-electron chi connectivity index (χ3n) is 7.94. The van der Waals surface area contributed by atoms with Crippen LogP contribution in [0.4, 0.5) is 0 Å². The molecule has 0 bridgehead atoms. The van der Waals surface area contributed by atoms with Crippen molar-refractivity contribution < 1.29 is 14.3 Å². The van der Waals surface area contributed by atoms with Gasteiger partial charge in [0, 0.05) is 48.6 Å². The fourth-order valence-corrected chi connectivity index (χ4v) is 6.31. The summed E-state index contributed by atoms with van der Waals surface area (Å²) in [5.74, 6) is 0.911. The van der Waals surface area contributed by atoms with Crippen LogP contribution in [0.3, 0.4) is 0 Å². The van der Waals surface area contributed by atoms with E-state index in [0.29, 0.717) is 18.0 Å². The number of aromatic nitrogens is 2. The van der Waals surface area contributed by atoms with E-state index in [-0.39, 0.29) is 23.8 Å². The summed E-state index contributed by atoms with van der Waals surface area (Å²) >= 11 is 1.74. The number of nitrogens with one attached hydrogen (secondary N) is 2. The number of hydrogen-bond acceptors (Lipinski definition) is 6. The molecular weight excluding hydrogens is 534 g/mol. The summed E-state index contributed by atoms with van der Waals surface area (Å²) in [7, 11) is 0. The Morgan fingerprint density at radius 2 is 1.83 bits per heavy atom. The predicted octanol–water partition coefficient (Wildman–Crippen LogP) is 5.42. The molecule has 2 N–H and O–H groups in total. The lowest BCUT2D eigenvalue weighted by atomic mass is 10.0. The Morgan fingerprint density at radius 1 is 1.07 bits per heavy atom. The fourth-order valence-electron chi connectivity index (χ4n) is 5.61. The topological polar surface area (TPSA) is 88.5 Å². The molecule has 0 saturated carbocycles. The molecule has 0 radical (unpaired) electrons. The van der Waals surface area contributed by atoms with Crippen LogP contribution in [-0.4, -0.2) is 71.2 Å². The van der Waals surface area contributed by atoms with Crippen molar-refractivity contribution in [3.63, 3.8) is 0 Å². The zero-order valence-electron chi connectivity index (χ0n) is 25.3. The minimum atomic E-state index is -0.597. The van der Waals surface area contributed by atoms with Crippen molar-refractivity contribution >= 4 is 34.2 Å². The van der Waals surface area contributed by atoms with E-state index in [4.69, 9.17) is 9.72 Å². The molecule has 1 aliphatic rings. The Hall–Kier alpha value is -2.75. The van der Waals surface area contributed by atoms with Crippen LogP contribution < -0.4 is 10.6 Å². The monoisotopic (exact) mass is 581 g/mol. The van der Waals surface area contributed by atoms with Crippen molar-refractivity contribution in [3.05, 3.63) is 52.0 Å². The van der Waals surface area contributed by atoms with Crippen LogP contribution in [0.5, 0.6) is 0 Å². The summed E-state index contributed by atoms with van der Waals surface area (Å²) in [4.78, 5) is 35.4. The van der Waals surface area contributed by atoms with Crippen LogP contribution in [0.2, 0.25) is 0 Å². The standard InChI is InChI=1S/C32H47N5O3S/c1-6-25(7-2)37-29-11-10-24(20-27(29)34-30(37)21-26-9-8-18-41-26)31(38)35-28(19-22(3)4)32(39)33-23(5)12-13-36-14-16-40-17-15-36/h8-11,18,20,22-23,25,28H,6-7,12-17,19,21H2,1-5H3,(H,33,39)(H,35,38)/t23?,28-/m0/s1. The van der Waals surface area contributed by atoms with Crippen molar-refractivity contribution in [2.24, 2.45) is 5.92 Å². The lowest BCUT2D eigenvalue weighted by Gasteiger charge is -2.28. The normalized spacial score (nSPS) is 15.9. The van der Waals surface area contributed by atoms with Crippen LogP contribution in [0, 0.1) is 5.92 Å². The van der Waals surface area contributed by atoms with Crippen molar-refractivity contribution in [3.8, 4) is 0 Å². The first-order valence-electron chi connectivity index (χ1n) is 15.2. The van der Waals surface area contributed by atoms with Gasteiger partial charge in [-0.25, -0.2) is 4.98 Å². The second kappa shape index (κ2) is 14.9. The van der Waals surface area contributed by atoms with Crippen LogP contribution in [-0.2, 0) is 16.0 Å². The quantitative estimate of drug-likeness (QED) is 0.265. The van der Waals surface area contributed by atoms with Gasteiger partial charge in [-0.05, 0) is 68.2 Å². The zero-order valence-corrected chi connectivity index (χ0v) is 26.1. The second-order valence-corrected chi connectivity index (χ2v) is 12.7. The third kappa shape index (κ3) is 8.40. The van der Waals surface area contributed by atoms with Gasteiger partial charge in [0.1, 0.15) is 11.9 Å². The maximum atomic E-state index is 13.5. The maximum absolute atomic E-state index is 13.5. The summed E-state index contributed by atoms with van der Waals surface area (Å²) < 4.78 is 7.78. The molecule has 0 aliphatic carbocycles. The van der Waals surface area contributed by atoms with E-state index in [1.807, 2.05) is 25.1 Å². The van der Waals surface area contributed by atoms with Gasteiger partial charge in [-0.1, -0.05) is 33.8 Å². The van der Waals surface area contributed by atoms with Gasteiger partial charge in [0.25, 0.3) is 5.91 Å². The minimum absolute atomic E-state index is 0.0177. The molecule has 3 aromatic rings. The van der Waals surface area contributed by atoms with E-state index in [0.717, 1.165) is 75.4 Å². The van der Waals surface area contributed by atoms with Crippen LogP contribution in [0.1, 0.15) is 87.4 Å². The average molecular weight is 582 g/mol. The van der Waals surface area contributed by atoms with Crippen molar-refractivity contribution in [2.45, 2.75) is 84.8 Å². The van der Waals surface area contributed by atoms with E-state index in [9.17, 15) is 9.59 Å². The van der Waals surface area contributed by atoms with Gasteiger partial charge in [-0.2, -0.15) is 0 Å². The molecule has 224 valence electrons. The molecule has 41 heavy (non-hydrogen) atoms. The predicted molar refractivity (Wildman–Crippen MR) is 167 cm³/mol. The Kier molecular flexibility index (Phi) is 11.4. The van der Waals surface area contributed by atoms with E-state index >= 15 is 0 Å². The molecule has 2 aromatic heterocycles. The molecule has 2 amide bonds. The lowest BCUT2D eigenvalue weighted by molar-refractivity contribution is -0.124. The third-order valence-corrected chi connectivity index (χ3v) is 8.82. The molecule has 8 nitrogen and oxygen atoms in total. The van der Waals surface area contributed by atoms with E-state index < -0.39 is 6.04 Å². The molecule has 9 heteroatoms. The van der Waals surface area contributed by atoms with E-state index in [1.165, 1.54) is 4.88 Å². The Labute approximate surface area is 248 Å². The summed E-state index contributed by atoms with van der Waals surface area (Å²) in [5.41, 5.74) is 2.39. The first kappa shape index (κ1) is 31.2. The zero-order chi connectivity index (χ0) is 29.4. The number of hydrogen-bond donors (Lipinski definition) is 2. The summed E-state index contributed by atoms with van der Waals surface area (Å²) in [6, 6.07) is 9.73. The summed E-state index contributed by atoms with van der Waals surface area (Å²) in [6.07, 6.45) is 4.23. The van der Waals surface area contributed by atoms with Crippen molar-refractivity contribution in [1.29, 1.82) is 0 Å². The molecule has 1 aromatic carbocycles.